The third kappa shape index (κ3) is 6.24. The summed E-state index contributed by atoms with van der Waals surface area (Å²) >= 11 is 5.87. The molecule has 1 aromatic carbocycles. The van der Waals surface area contributed by atoms with Gasteiger partial charge in [-0.05, 0) is 38.5 Å². The van der Waals surface area contributed by atoms with Crippen LogP contribution in [0, 0.1) is 0 Å². The van der Waals surface area contributed by atoms with Crippen molar-refractivity contribution in [3.63, 3.8) is 0 Å². The predicted molar refractivity (Wildman–Crippen MR) is 94.7 cm³/mol. The van der Waals surface area contributed by atoms with Crippen LogP contribution in [0.2, 0.25) is 5.02 Å². The largest absolute Gasteiger partial charge is 0.444 e. The van der Waals surface area contributed by atoms with Crippen molar-refractivity contribution < 1.29 is 9.53 Å². The van der Waals surface area contributed by atoms with Gasteiger partial charge in [-0.15, -0.1) is 0 Å². The maximum absolute atomic E-state index is 12.0. The molecule has 0 aliphatic carbocycles. The van der Waals surface area contributed by atoms with E-state index in [-0.39, 0.29) is 6.09 Å². The SMILES string of the molecule is CC(C)(C)OC(=O)N1CCN(C/C=C/c2ccc(Cl)cc2)CC1. The van der Waals surface area contributed by atoms with Gasteiger partial charge in [0.05, 0.1) is 0 Å². The maximum Gasteiger partial charge on any atom is 0.410 e. The van der Waals surface area contributed by atoms with Crippen molar-refractivity contribution in [2.24, 2.45) is 0 Å². The molecule has 4 nitrogen and oxygen atoms in total. The maximum atomic E-state index is 12.0. The van der Waals surface area contributed by atoms with E-state index in [4.69, 9.17) is 16.3 Å². The van der Waals surface area contributed by atoms with Crippen LogP contribution in [0.25, 0.3) is 6.08 Å². The Hall–Kier alpha value is -1.52. The molecule has 1 aliphatic rings. The van der Waals surface area contributed by atoms with E-state index in [1.807, 2.05) is 45.0 Å². The van der Waals surface area contributed by atoms with E-state index in [0.717, 1.165) is 30.2 Å². The molecule has 0 radical (unpaired) electrons. The number of benzene rings is 1. The highest BCUT2D eigenvalue weighted by Gasteiger charge is 2.25. The zero-order valence-electron chi connectivity index (χ0n) is 14.1. The number of nitrogens with zero attached hydrogens (tertiary/aromatic N) is 2. The molecule has 0 spiro atoms. The Morgan fingerprint density at radius 2 is 1.78 bits per heavy atom. The second kappa shape index (κ2) is 7.84. The highest BCUT2D eigenvalue weighted by atomic mass is 35.5. The number of amides is 1. The van der Waals surface area contributed by atoms with Crippen molar-refractivity contribution in [2.45, 2.75) is 26.4 Å². The number of piperazine rings is 1. The fraction of sp³-hybridized carbons (Fsp3) is 0.500. The lowest BCUT2D eigenvalue weighted by Crippen LogP contribution is -2.49. The van der Waals surface area contributed by atoms with Gasteiger partial charge in [-0.2, -0.15) is 0 Å². The summed E-state index contributed by atoms with van der Waals surface area (Å²) in [6, 6.07) is 7.78. The van der Waals surface area contributed by atoms with Crippen molar-refractivity contribution in [3.8, 4) is 0 Å². The number of carbonyl (C=O) groups is 1. The number of hydrogen-bond acceptors (Lipinski definition) is 3. The Balaban J connectivity index is 1.74. The first-order valence-electron chi connectivity index (χ1n) is 7.96. The van der Waals surface area contributed by atoms with E-state index >= 15 is 0 Å². The number of carbonyl (C=O) groups excluding carboxylic acids is 1. The predicted octanol–water partition coefficient (Wildman–Crippen LogP) is 3.91. The number of halogens is 1. The molecular formula is C18H25ClN2O2. The number of hydrogen-bond donors (Lipinski definition) is 0. The van der Waals surface area contributed by atoms with Gasteiger partial charge in [0.15, 0.2) is 0 Å². The van der Waals surface area contributed by atoms with Crippen LogP contribution in [-0.2, 0) is 4.74 Å². The minimum atomic E-state index is -0.435. The summed E-state index contributed by atoms with van der Waals surface area (Å²) in [7, 11) is 0. The van der Waals surface area contributed by atoms with Crippen molar-refractivity contribution >= 4 is 23.8 Å². The third-order valence-electron chi connectivity index (χ3n) is 3.57. The van der Waals surface area contributed by atoms with Crippen molar-refractivity contribution in [1.29, 1.82) is 0 Å². The molecular weight excluding hydrogens is 312 g/mol. The topological polar surface area (TPSA) is 32.8 Å². The summed E-state index contributed by atoms with van der Waals surface area (Å²) < 4.78 is 5.40. The molecule has 5 heteroatoms. The van der Waals surface area contributed by atoms with Crippen LogP contribution in [0.3, 0.4) is 0 Å². The summed E-state index contributed by atoms with van der Waals surface area (Å²) in [5.41, 5.74) is 0.706. The summed E-state index contributed by atoms with van der Waals surface area (Å²) in [5, 5.41) is 0.750. The van der Waals surface area contributed by atoms with Gasteiger partial charge < -0.3 is 9.64 Å². The van der Waals surface area contributed by atoms with E-state index in [9.17, 15) is 4.79 Å². The molecule has 1 aromatic rings. The van der Waals surface area contributed by atoms with Crippen LogP contribution in [-0.4, -0.2) is 54.2 Å². The van der Waals surface area contributed by atoms with Crippen LogP contribution in [0.4, 0.5) is 4.79 Å². The Bertz CT molecular complexity index is 541. The second-order valence-corrected chi connectivity index (χ2v) is 7.16. The van der Waals surface area contributed by atoms with Gasteiger partial charge in [0.1, 0.15) is 5.60 Å². The molecule has 1 fully saturated rings. The lowest BCUT2D eigenvalue weighted by Gasteiger charge is -2.35. The zero-order chi connectivity index (χ0) is 16.9. The van der Waals surface area contributed by atoms with E-state index in [0.29, 0.717) is 13.1 Å². The smallest absolute Gasteiger partial charge is 0.410 e. The molecule has 0 saturated carbocycles. The Morgan fingerprint density at radius 3 is 2.35 bits per heavy atom. The Labute approximate surface area is 143 Å². The summed E-state index contributed by atoms with van der Waals surface area (Å²) in [6.45, 7) is 9.71. The van der Waals surface area contributed by atoms with Crippen molar-refractivity contribution in [1.82, 2.24) is 9.80 Å². The molecule has 1 amide bonds. The molecule has 0 atom stereocenters. The Kier molecular flexibility index (Phi) is 6.08. The average Bonchev–Trinajstić information content (AvgIpc) is 2.48. The monoisotopic (exact) mass is 336 g/mol. The van der Waals surface area contributed by atoms with Gasteiger partial charge in [-0.25, -0.2) is 4.79 Å². The molecule has 0 bridgehead atoms. The molecule has 1 heterocycles. The lowest BCUT2D eigenvalue weighted by molar-refractivity contribution is 0.0154. The van der Waals surface area contributed by atoms with Crippen LogP contribution in [0.1, 0.15) is 26.3 Å². The summed E-state index contributed by atoms with van der Waals surface area (Å²) in [5.74, 6) is 0. The first-order chi connectivity index (χ1) is 10.8. The van der Waals surface area contributed by atoms with Crippen molar-refractivity contribution in [3.05, 3.63) is 40.9 Å². The third-order valence-corrected chi connectivity index (χ3v) is 3.82. The highest BCUT2D eigenvalue weighted by Crippen LogP contribution is 2.13. The van der Waals surface area contributed by atoms with Crippen LogP contribution < -0.4 is 0 Å². The van der Waals surface area contributed by atoms with Gasteiger partial charge in [-0.3, -0.25) is 4.90 Å². The molecule has 0 unspecified atom stereocenters. The quantitative estimate of drug-likeness (QED) is 0.839. The van der Waals surface area contributed by atoms with Crippen LogP contribution >= 0.6 is 11.6 Å². The number of rotatable bonds is 3. The lowest BCUT2D eigenvalue weighted by atomic mass is 10.2. The molecule has 1 aliphatic heterocycles. The standard InChI is InChI=1S/C18H25ClN2O2/c1-18(2,3)23-17(22)21-13-11-20(12-14-21)10-4-5-15-6-8-16(19)9-7-15/h4-9H,10-14H2,1-3H3/b5-4+. The van der Waals surface area contributed by atoms with Gasteiger partial charge >= 0.3 is 6.09 Å². The molecule has 126 valence electrons. The molecule has 2 rings (SSSR count). The highest BCUT2D eigenvalue weighted by molar-refractivity contribution is 6.30. The van der Waals surface area contributed by atoms with Crippen LogP contribution in [0.5, 0.6) is 0 Å². The fourth-order valence-electron chi connectivity index (χ4n) is 2.35. The van der Waals surface area contributed by atoms with Gasteiger partial charge in [0.25, 0.3) is 0 Å². The first-order valence-corrected chi connectivity index (χ1v) is 8.34. The second-order valence-electron chi connectivity index (χ2n) is 6.72. The molecule has 0 N–H and O–H groups in total. The molecule has 0 aromatic heterocycles. The molecule has 1 saturated heterocycles. The van der Waals surface area contributed by atoms with Gasteiger partial charge in [-0.1, -0.05) is 35.9 Å². The minimum absolute atomic E-state index is 0.214. The zero-order valence-corrected chi connectivity index (χ0v) is 14.8. The van der Waals surface area contributed by atoms with Crippen molar-refractivity contribution in [2.75, 3.05) is 32.7 Å². The molecule has 23 heavy (non-hydrogen) atoms. The minimum Gasteiger partial charge on any atom is -0.444 e. The van der Waals surface area contributed by atoms with E-state index in [1.165, 1.54) is 0 Å². The first kappa shape index (κ1) is 17.8. The fourth-order valence-corrected chi connectivity index (χ4v) is 2.48. The average molecular weight is 337 g/mol. The van der Waals surface area contributed by atoms with E-state index in [2.05, 4.69) is 17.1 Å². The van der Waals surface area contributed by atoms with Crippen LogP contribution in [0.15, 0.2) is 30.3 Å². The normalized spacial score (nSPS) is 16.8. The van der Waals surface area contributed by atoms with Gasteiger partial charge in [0, 0.05) is 37.7 Å². The van der Waals surface area contributed by atoms with E-state index in [1.54, 1.807) is 4.90 Å². The Morgan fingerprint density at radius 1 is 1.17 bits per heavy atom. The summed E-state index contributed by atoms with van der Waals surface area (Å²) in [4.78, 5) is 16.1. The van der Waals surface area contributed by atoms with E-state index < -0.39 is 5.60 Å². The number of ether oxygens (including phenoxy) is 1. The van der Waals surface area contributed by atoms with Gasteiger partial charge in [0.2, 0.25) is 0 Å². The summed E-state index contributed by atoms with van der Waals surface area (Å²) in [6.07, 6.45) is 4.03.